The van der Waals surface area contributed by atoms with Gasteiger partial charge in [-0.3, -0.25) is 9.89 Å². The van der Waals surface area contributed by atoms with Gasteiger partial charge in [0.05, 0.1) is 17.4 Å². The van der Waals surface area contributed by atoms with Crippen LogP contribution in [0.1, 0.15) is 46.2 Å². The molecule has 0 aliphatic heterocycles. The Morgan fingerprint density at radius 2 is 2.25 bits per heavy atom. The van der Waals surface area contributed by atoms with E-state index in [2.05, 4.69) is 27.6 Å². The van der Waals surface area contributed by atoms with Crippen LogP contribution in [0.15, 0.2) is 24.3 Å². The van der Waals surface area contributed by atoms with Crippen LogP contribution in [0.2, 0.25) is 0 Å². The van der Waals surface area contributed by atoms with Gasteiger partial charge in [-0.2, -0.15) is 5.10 Å². The van der Waals surface area contributed by atoms with Gasteiger partial charge in [-0.25, -0.2) is 0 Å². The third-order valence-electron chi connectivity index (χ3n) is 3.88. The molecule has 0 saturated heterocycles. The Kier molecular flexibility index (Phi) is 3.18. The van der Waals surface area contributed by atoms with Crippen molar-refractivity contribution in [3.63, 3.8) is 0 Å². The highest BCUT2D eigenvalue weighted by Gasteiger charge is 2.24. The highest BCUT2D eigenvalue weighted by molar-refractivity contribution is 5.97. The van der Waals surface area contributed by atoms with Gasteiger partial charge < -0.3 is 11.1 Å². The second-order valence-corrected chi connectivity index (χ2v) is 5.23. The molecule has 0 bridgehead atoms. The molecule has 0 saturated carbocycles. The van der Waals surface area contributed by atoms with Gasteiger partial charge >= 0.3 is 0 Å². The van der Waals surface area contributed by atoms with Gasteiger partial charge in [-0.15, -0.1) is 0 Å². The average molecular weight is 270 g/mol. The van der Waals surface area contributed by atoms with E-state index in [0.717, 1.165) is 25.0 Å². The third kappa shape index (κ3) is 2.15. The van der Waals surface area contributed by atoms with Crippen molar-refractivity contribution in [2.45, 2.75) is 32.2 Å². The number of rotatable bonds is 2. The van der Waals surface area contributed by atoms with E-state index in [9.17, 15) is 4.79 Å². The molecule has 0 spiro atoms. The summed E-state index contributed by atoms with van der Waals surface area (Å²) in [5, 5.41) is 9.76. The number of amides is 1. The number of anilines is 1. The van der Waals surface area contributed by atoms with Gasteiger partial charge in [0.15, 0.2) is 5.69 Å². The van der Waals surface area contributed by atoms with Crippen LogP contribution in [-0.4, -0.2) is 16.1 Å². The van der Waals surface area contributed by atoms with Gasteiger partial charge in [0.1, 0.15) is 0 Å². The van der Waals surface area contributed by atoms with Crippen molar-refractivity contribution in [1.29, 1.82) is 0 Å². The fourth-order valence-electron chi connectivity index (χ4n) is 2.74. The van der Waals surface area contributed by atoms with E-state index in [1.54, 1.807) is 6.92 Å². The molecule has 0 radical (unpaired) electrons. The smallest absolute Gasteiger partial charge is 0.274 e. The van der Waals surface area contributed by atoms with E-state index < -0.39 is 0 Å². The highest BCUT2D eigenvalue weighted by atomic mass is 16.2. The lowest BCUT2D eigenvalue weighted by Crippen LogP contribution is -2.31. The molecule has 1 aliphatic rings. The highest BCUT2D eigenvalue weighted by Crippen LogP contribution is 2.29. The lowest BCUT2D eigenvalue weighted by Gasteiger charge is -2.26. The summed E-state index contributed by atoms with van der Waals surface area (Å²) in [5.41, 5.74) is 9.80. The number of carbonyl (C=O) groups is 1. The van der Waals surface area contributed by atoms with Crippen LogP contribution in [0.5, 0.6) is 0 Å². The van der Waals surface area contributed by atoms with Crippen LogP contribution >= 0.6 is 0 Å². The number of fused-ring (bicyclic) bond motifs is 1. The molecule has 104 valence electrons. The largest absolute Gasteiger partial charge is 0.395 e. The number of nitrogens with zero attached hydrogens (tertiary/aromatic N) is 1. The molecule has 4 N–H and O–H groups in total. The fourth-order valence-corrected chi connectivity index (χ4v) is 2.74. The summed E-state index contributed by atoms with van der Waals surface area (Å²) < 4.78 is 0. The van der Waals surface area contributed by atoms with Crippen LogP contribution in [-0.2, 0) is 6.42 Å². The van der Waals surface area contributed by atoms with Crippen molar-refractivity contribution in [2.75, 3.05) is 5.73 Å². The summed E-state index contributed by atoms with van der Waals surface area (Å²) in [5.74, 6) is -0.214. The maximum atomic E-state index is 12.3. The van der Waals surface area contributed by atoms with Gasteiger partial charge in [0.2, 0.25) is 0 Å². The normalized spacial score (nSPS) is 17.6. The number of nitrogens with one attached hydrogen (secondary N) is 2. The van der Waals surface area contributed by atoms with E-state index in [1.165, 1.54) is 11.1 Å². The van der Waals surface area contributed by atoms with Crippen molar-refractivity contribution in [3.05, 3.63) is 46.8 Å². The SMILES string of the molecule is Cc1[nH]nc(C(=O)N[C@@H]2CCCc3ccccc32)c1N. The van der Waals surface area contributed by atoms with Gasteiger partial charge in [0, 0.05) is 0 Å². The first kappa shape index (κ1) is 12.7. The molecule has 20 heavy (non-hydrogen) atoms. The van der Waals surface area contributed by atoms with Crippen LogP contribution in [0.3, 0.4) is 0 Å². The minimum Gasteiger partial charge on any atom is -0.395 e. The maximum Gasteiger partial charge on any atom is 0.274 e. The minimum atomic E-state index is -0.214. The number of H-pyrrole nitrogens is 1. The predicted molar refractivity (Wildman–Crippen MR) is 77.3 cm³/mol. The number of carbonyl (C=O) groups excluding carboxylic acids is 1. The summed E-state index contributed by atoms with van der Waals surface area (Å²) in [6.07, 6.45) is 3.11. The Hall–Kier alpha value is -2.30. The van der Waals surface area contributed by atoms with Crippen molar-refractivity contribution >= 4 is 11.6 Å². The van der Waals surface area contributed by atoms with Crippen LogP contribution in [0.25, 0.3) is 0 Å². The summed E-state index contributed by atoms with van der Waals surface area (Å²) in [7, 11) is 0. The number of aromatic amines is 1. The Bertz CT molecular complexity index is 647. The molecule has 2 aromatic rings. The van der Waals surface area contributed by atoms with E-state index in [4.69, 9.17) is 5.73 Å². The Morgan fingerprint density at radius 3 is 3.00 bits per heavy atom. The molecule has 1 aliphatic carbocycles. The standard InChI is InChI=1S/C15H18N4O/c1-9-13(16)14(19-18-9)15(20)17-12-8-4-6-10-5-2-3-7-11(10)12/h2-3,5,7,12H,4,6,8,16H2,1H3,(H,17,20)(H,18,19)/t12-/m1/s1. The topological polar surface area (TPSA) is 83.8 Å². The Labute approximate surface area is 117 Å². The van der Waals surface area contributed by atoms with Crippen molar-refractivity contribution in [3.8, 4) is 0 Å². The van der Waals surface area contributed by atoms with E-state index in [-0.39, 0.29) is 17.6 Å². The minimum absolute atomic E-state index is 0.0452. The number of aryl methyl sites for hydroxylation is 2. The number of hydrogen-bond donors (Lipinski definition) is 3. The number of benzene rings is 1. The Balaban J connectivity index is 1.82. The zero-order chi connectivity index (χ0) is 14.1. The molecule has 1 atom stereocenters. The average Bonchev–Trinajstić information content (AvgIpc) is 2.79. The molecule has 1 amide bonds. The molecule has 1 aromatic carbocycles. The van der Waals surface area contributed by atoms with Crippen molar-refractivity contribution < 1.29 is 4.79 Å². The Morgan fingerprint density at radius 1 is 1.45 bits per heavy atom. The van der Waals surface area contributed by atoms with Crippen molar-refractivity contribution in [2.24, 2.45) is 0 Å². The quantitative estimate of drug-likeness (QED) is 0.781. The van der Waals surface area contributed by atoms with Gasteiger partial charge in [-0.05, 0) is 37.3 Å². The summed E-state index contributed by atoms with van der Waals surface area (Å²) in [4.78, 5) is 12.3. The molecule has 1 heterocycles. The van der Waals surface area contributed by atoms with E-state index in [0.29, 0.717) is 5.69 Å². The number of aromatic nitrogens is 2. The zero-order valence-corrected chi connectivity index (χ0v) is 11.4. The molecular weight excluding hydrogens is 252 g/mol. The zero-order valence-electron chi connectivity index (χ0n) is 11.4. The van der Waals surface area contributed by atoms with E-state index in [1.807, 2.05) is 12.1 Å². The van der Waals surface area contributed by atoms with Gasteiger partial charge in [0.25, 0.3) is 5.91 Å². The number of hydrogen-bond acceptors (Lipinski definition) is 3. The first-order valence-corrected chi connectivity index (χ1v) is 6.86. The second kappa shape index (κ2) is 5.00. The first-order chi connectivity index (χ1) is 9.66. The summed E-state index contributed by atoms with van der Waals surface area (Å²) >= 11 is 0. The molecule has 0 unspecified atom stereocenters. The van der Waals surface area contributed by atoms with Crippen LogP contribution < -0.4 is 11.1 Å². The molecule has 1 aromatic heterocycles. The molecule has 5 heteroatoms. The molecule has 3 rings (SSSR count). The molecule has 0 fully saturated rings. The maximum absolute atomic E-state index is 12.3. The number of nitrogen functional groups attached to an aromatic ring is 1. The fraction of sp³-hybridized carbons (Fsp3) is 0.333. The number of nitrogens with two attached hydrogens (primary N) is 1. The van der Waals surface area contributed by atoms with Crippen molar-refractivity contribution in [1.82, 2.24) is 15.5 Å². The van der Waals surface area contributed by atoms with Crippen LogP contribution in [0.4, 0.5) is 5.69 Å². The predicted octanol–water partition coefficient (Wildman–Crippen LogP) is 2.11. The summed E-state index contributed by atoms with van der Waals surface area (Å²) in [6.45, 7) is 1.80. The van der Waals surface area contributed by atoms with Crippen LogP contribution in [0, 0.1) is 6.92 Å². The summed E-state index contributed by atoms with van der Waals surface area (Å²) in [6, 6.07) is 8.30. The first-order valence-electron chi connectivity index (χ1n) is 6.86. The molecule has 5 nitrogen and oxygen atoms in total. The monoisotopic (exact) mass is 270 g/mol. The van der Waals surface area contributed by atoms with E-state index >= 15 is 0 Å². The third-order valence-corrected chi connectivity index (χ3v) is 3.88. The lowest BCUT2D eigenvalue weighted by molar-refractivity contribution is 0.0928. The lowest BCUT2D eigenvalue weighted by atomic mass is 9.87. The molecular formula is C15H18N4O. The van der Waals surface area contributed by atoms with Gasteiger partial charge in [-0.1, -0.05) is 24.3 Å². The second-order valence-electron chi connectivity index (χ2n) is 5.23.